The van der Waals surface area contributed by atoms with Gasteiger partial charge < -0.3 is 10.2 Å². The SMILES string of the molecule is CC1(C)CN(C(=O)c2ccccc2)CCN1. The Morgan fingerprint density at radius 3 is 2.62 bits per heavy atom. The Bertz CT molecular complexity index is 373. The Kier molecular flexibility index (Phi) is 2.97. The van der Waals surface area contributed by atoms with Gasteiger partial charge in [-0.2, -0.15) is 0 Å². The predicted octanol–water partition coefficient (Wildman–Crippen LogP) is 1.51. The minimum atomic E-state index is 0.0166. The minimum absolute atomic E-state index is 0.0166. The number of benzene rings is 1. The number of nitrogens with zero attached hydrogens (tertiary/aromatic N) is 1. The summed E-state index contributed by atoms with van der Waals surface area (Å²) < 4.78 is 0. The first-order chi connectivity index (χ1) is 7.58. The van der Waals surface area contributed by atoms with Crippen LogP contribution < -0.4 is 5.32 Å². The molecule has 1 aliphatic heterocycles. The normalized spacial score (nSPS) is 19.5. The molecule has 1 aromatic carbocycles. The van der Waals surface area contributed by atoms with E-state index in [2.05, 4.69) is 19.2 Å². The molecule has 3 heteroatoms. The summed E-state index contributed by atoms with van der Waals surface area (Å²) in [6.07, 6.45) is 0. The van der Waals surface area contributed by atoms with Gasteiger partial charge in [0.15, 0.2) is 0 Å². The third-order valence-electron chi connectivity index (χ3n) is 2.88. The number of amides is 1. The molecule has 1 heterocycles. The highest BCUT2D eigenvalue weighted by Crippen LogP contribution is 2.13. The number of carbonyl (C=O) groups is 1. The van der Waals surface area contributed by atoms with Gasteiger partial charge in [-0.15, -0.1) is 0 Å². The topological polar surface area (TPSA) is 32.3 Å². The summed E-state index contributed by atoms with van der Waals surface area (Å²) in [5.74, 6) is 0.134. The first-order valence-corrected chi connectivity index (χ1v) is 5.68. The monoisotopic (exact) mass is 218 g/mol. The summed E-state index contributed by atoms with van der Waals surface area (Å²) >= 11 is 0. The second-order valence-electron chi connectivity index (χ2n) is 4.90. The van der Waals surface area contributed by atoms with Gasteiger partial charge >= 0.3 is 0 Å². The van der Waals surface area contributed by atoms with Gasteiger partial charge in [0.25, 0.3) is 5.91 Å². The van der Waals surface area contributed by atoms with Crippen LogP contribution in [0.1, 0.15) is 24.2 Å². The summed E-state index contributed by atoms with van der Waals surface area (Å²) in [7, 11) is 0. The molecule has 16 heavy (non-hydrogen) atoms. The average molecular weight is 218 g/mol. The molecule has 0 saturated carbocycles. The number of piperazine rings is 1. The van der Waals surface area contributed by atoms with Gasteiger partial charge in [0.05, 0.1) is 0 Å². The fourth-order valence-corrected chi connectivity index (χ4v) is 2.08. The molecule has 0 atom stereocenters. The van der Waals surface area contributed by atoms with E-state index < -0.39 is 0 Å². The van der Waals surface area contributed by atoms with Crippen LogP contribution in [0.3, 0.4) is 0 Å². The summed E-state index contributed by atoms with van der Waals surface area (Å²) in [4.78, 5) is 14.1. The van der Waals surface area contributed by atoms with Gasteiger partial charge in [-0.05, 0) is 26.0 Å². The zero-order valence-electron chi connectivity index (χ0n) is 9.86. The fraction of sp³-hybridized carbons (Fsp3) is 0.462. The average Bonchev–Trinajstić information content (AvgIpc) is 2.28. The van der Waals surface area contributed by atoms with Gasteiger partial charge in [-0.1, -0.05) is 18.2 Å². The summed E-state index contributed by atoms with van der Waals surface area (Å²) in [6, 6.07) is 9.48. The van der Waals surface area contributed by atoms with Crippen LogP contribution in [0.25, 0.3) is 0 Å². The van der Waals surface area contributed by atoms with Crippen LogP contribution in [0.2, 0.25) is 0 Å². The third-order valence-corrected chi connectivity index (χ3v) is 2.88. The van der Waals surface area contributed by atoms with Crippen molar-refractivity contribution in [2.75, 3.05) is 19.6 Å². The molecule has 1 aliphatic rings. The van der Waals surface area contributed by atoms with Crippen LogP contribution in [0.4, 0.5) is 0 Å². The van der Waals surface area contributed by atoms with Crippen molar-refractivity contribution in [3.05, 3.63) is 35.9 Å². The molecule has 1 N–H and O–H groups in total. The van der Waals surface area contributed by atoms with Crippen molar-refractivity contribution in [3.63, 3.8) is 0 Å². The van der Waals surface area contributed by atoms with Gasteiger partial charge in [0, 0.05) is 30.7 Å². The lowest BCUT2D eigenvalue weighted by atomic mass is 10.0. The van der Waals surface area contributed by atoms with E-state index in [4.69, 9.17) is 0 Å². The first kappa shape index (κ1) is 11.1. The molecule has 3 nitrogen and oxygen atoms in total. The second-order valence-corrected chi connectivity index (χ2v) is 4.90. The van der Waals surface area contributed by atoms with Crippen LogP contribution in [-0.4, -0.2) is 36.0 Å². The van der Waals surface area contributed by atoms with E-state index in [9.17, 15) is 4.79 Å². The Labute approximate surface area is 96.5 Å². The Hall–Kier alpha value is -1.35. The van der Waals surface area contributed by atoms with Crippen LogP contribution >= 0.6 is 0 Å². The molecular formula is C13H18N2O. The van der Waals surface area contributed by atoms with Crippen molar-refractivity contribution in [1.82, 2.24) is 10.2 Å². The highest BCUT2D eigenvalue weighted by molar-refractivity contribution is 5.94. The lowest BCUT2D eigenvalue weighted by molar-refractivity contribution is 0.0652. The number of carbonyl (C=O) groups excluding carboxylic acids is 1. The molecule has 0 spiro atoms. The van der Waals surface area contributed by atoms with Crippen molar-refractivity contribution >= 4 is 5.91 Å². The van der Waals surface area contributed by atoms with Crippen molar-refractivity contribution < 1.29 is 4.79 Å². The minimum Gasteiger partial charge on any atom is -0.336 e. The Morgan fingerprint density at radius 2 is 2.00 bits per heavy atom. The first-order valence-electron chi connectivity index (χ1n) is 5.68. The highest BCUT2D eigenvalue weighted by atomic mass is 16.2. The molecule has 1 amide bonds. The Morgan fingerprint density at radius 1 is 1.31 bits per heavy atom. The summed E-state index contributed by atoms with van der Waals surface area (Å²) in [5, 5.41) is 3.40. The summed E-state index contributed by atoms with van der Waals surface area (Å²) in [5.41, 5.74) is 0.795. The molecule has 86 valence electrons. The van der Waals surface area contributed by atoms with Crippen molar-refractivity contribution in [2.24, 2.45) is 0 Å². The number of rotatable bonds is 1. The fourth-order valence-electron chi connectivity index (χ4n) is 2.08. The molecule has 1 saturated heterocycles. The molecule has 0 unspecified atom stereocenters. The third kappa shape index (κ3) is 2.42. The smallest absolute Gasteiger partial charge is 0.253 e. The van der Waals surface area contributed by atoms with Gasteiger partial charge in [0.2, 0.25) is 0 Å². The molecule has 2 rings (SSSR count). The van der Waals surface area contributed by atoms with Crippen molar-refractivity contribution in [2.45, 2.75) is 19.4 Å². The molecule has 0 aromatic heterocycles. The zero-order chi connectivity index (χ0) is 11.6. The maximum Gasteiger partial charge on any atom is 0.253 e. The van der Waals surface area contributed by atoms with E-state index in [1.807, 2.05) is 35.2 Å². The molecule has 1 fully saturated rings. The Balaban J connectivity index is 2.11. The predicted molar refractivity (Wildman–Crippen MR) is 64.4 cm³/mol. The number of hydrogen-bond donors (Lipinski definition) is 1. The van der Waals surface area contributed by atoms with E-state index >= 15 is 0 Å². The van der Waals surface area contributed by atoms with Crippen LogP contribution in [0, 0.1) is 0 Å². The molecule has 0 radical (unpaired) electrons. The lowest BCUT2D eigenvalue weighted by Crippen LogP contribution is -2.58. The quantitative estimate of drug-likeness (QED) is 0.775. The molecular weight excluding hydrogens is 200 g/mol. The van der Waals surface area contributed by atoms with Crippen LogP contribution in [0.15, 0.2) is 30.3 Å². The standard InChI is InChI=1S/C13H18N2O/c1-13(2)10-15(9-8-14-13)12(16)11-6-4-3-5-7-11/h3-7,14H,8-10H2,1-2H3. The number of nitrogens with one attached hydrogen (secondary N) is 1. The summed E-state index contributed by atoms with van der Waals surface area (Å²) in [6.45, 7) is 6.67. The van der Waals surface area contributed by atoms with E-state index in [1.54, 1.807) is 0 Å². The van der Waals surface area contributed by atoms with E-state index in [1.165, 1.54) is 0 Å². The maximum absolute atomic E-state index is 12.2. The second kappa shape index (κ2) is 4.26. The number of hydrogen-bond acceptors (Lipinski definition) is 2. The van der Waals surface area contributed by atoms with Gasteiger partial charge in [0.1, 0.15) is 0 Å². The molecule has 0 aliphatic carbocycles. The lowest BCUT2D eigenvalue weighted by Gasteiger charge is -2.39. The molecule has 1 aromatic rings. The maximum atomic E-state index is 12.2. The van der Waals surface area contributed by atoms with Gasteiger partial charge in [-0.25, -0.2) is 0 Å². The highest BCUT2D eigenvalue weighted by Gasteiger charge is 2.28. The molecule has 0 bridgehead atoms. The van der Waals surface area contributed by atoms with Gasteiger partial charge in [-0.3, -0.25) is 4.79 Å². The zero-order valence-corrected chi connectivity index (χ0v) is 9.86. The van der Waals surface area contributed by atoms with E-state index in [0.29, 0.717) is 0 Å². The largest absolute Gasteiger partial charge is 0.336 e. The van der Waals surface area contributed by atoms with Crippen molar-refractivity contribution in [3.8, 4) is 0 Å². The van der Waals surface area contributed by atoms with E-state index in [0.717, 1.165) is 25.2 Å². The van der Waals surface area contributed by atoms with Crippen LogP contribution in [-0.2, 0) is 0 Å². The van der Waals surface area contributed by atoms with Crippen LogP contribution in [0.5, 0.6) is 0 Å². The van der Waals surface area contributed by atoms with Crippen molar-refractivity contribution in [1.29, 1.82) is 0 Å². The van der Waals surface area contributed by atoms with E-state index in [-0.39, 0.29) is 11.4 Å².